The molecule has 1 unspecified atom stereocenters. The number of hydrogen-bond acceptors (Lipinski definition) is 3. The molecule has 21 heavy (non-hydrogen) atoms. The number of methoxy groups -OCH3 is 1. The maximum atomic E-state index is 12.5. The smallest absolute Gasteiger partial charge is 0.244 e. The van der Waals surface area contributed by atoms with Crippen molar-refractivity contribution in [3.05, 3.63) is 58.6 Å². The zero-order valence-corrected chi connectivity index (χ0v) is 14.1. The molecule has 0 aliphatic heterocycles. The molecule has 2 aromatic carbocycles. The molecule has 0 saturated heterocycles. The highest BCUT2D eigenvalue weighted by atomic mass is 79.9. The summed E-state index contributed by atoms with van der Waals surface area (Å²) in [4.78, 5) is 0.113. The minimum atomic E-state index is -3.68. The highest BCUT2D eigenvalue weighted by Crippen LogP contribution is 2.28. The first-order valence-corrected chi connectivity index (χ1v) is 8.62. The molecule has 0 bridgehead atoms. The number of ether oxygens (including phenoxy) is 1. The van der Waals surface area contributed by atoms with Gasteiger partial charge in [0.05, 0.1) is 7.11 Å². The SMILES string of the molecule is COc1ccc(Br)cc1S(=O)(=O)NC(C)c1ccccc1. The van der Waals surface area contributed by atoms with Gasteiger partial charge in [0.2, 0.25) is 10.0 Å². The van der Waals surface area contributed by atoms with Crippen LogP contribution in [0.5, 0.6) is 5.75 Å². The summed E-state index contributed by atoms with van der Waals surface area (Å²) in [6.45, 7) is 1.80. The first kappa shape index (κ1) is 16.0. The van der Waals surface area contributed by atoms with Crippen LogP contribution in [-0.2, 0) is 10.0 Å². The number of rotatable bonds is 5. The van der Waals surface area contributed by atoms with Crippen molar-refractivity contribution in [2.75, 3.05) is 7.11 Å². The van der Waals surface area contributed by atoms with Crippen molar-refractivity contribution in [2.45, 2.75) is 17.9 Å². The number of nitrogens with one attached hydrogen (secondary N) is 1. The van der Waals surface area contributed by atoms with E-state index in [2.05, 4.69) is 20.7 Å². The maximum absolute atomic E-state index is 12.5. The van der Waals surface area contributed by atoms with Gasteiger partial charge in [0.15, 0.2) is 0 Å². The zero-order valence-electron chi connectivity index (χ0n) is 11.7. The average molecular weight is 370 g/mol. The summed E-state index contributed by atoms with van der Waals surface area (Å²) in [5.41, 5.74) is 0.898. The molecule has 2 rings (SSSR count). The summed E-state index contributed by atoms with van der Waals surface area (Å²) in [6.07, 6.45) is 0. The van der Waals surface area contributed by atoms with Crippen LogP contribution in [0.4, 0.5) is 0 Å². The Balaban J connectivity index is 2.33. The van der Waals surface area contributed by atoms with Gasteiger partial charge in [-0.25, -0.2) is 13.1 Å². The fourth-order valence-corrected chi connectivity index (χ4v) is 3.91. The molecule has 0 aliphatic carbocycles. The number of hydrogen-bond donors (Lipinski definition) is 1. The molecule has 0 aliphatic rings. The number of halogens is 1. The van der Waals surface area contributed by atoms with E-state index in [0.29, 0.717) is 10.2 Å². The van der Waals surface area contributed by atoms with Crippen molar-refractivity contribution in [3.8, 4) is 5.75 Å². The van der Waals surface area contributed by atoms with E-state index in [-0.39, 0.29) is 10.9 Å². The largest absolute Gasteiger partial charge is 0.495 e. The van der Waals surface area contributed by atoms with Gasteiger partial charge in [-0.2, -0.15) is 0 Å². The van der Waals surface area contributed by atoms with Gasteiger partial charge in [-0.15, -0.1) is 0 Å². The Kier molecular flexibility index (Phi) is 5.03. The van der Waals surface area contributed by atoms with Crippen molar-refractivity contribution in [3.63, 3.8) is 0 Å². The van der Waals surface area contributed by atoms with Crippen LogP contribution in [-0.4, -0.2) is 15.5 Å². The van der Waals surface area contributed by atoms with E-state index in [4.69, 9.17) is 4.74 Å². The predicted octanol–water partition coefficient (Wildman–Crippen LogP) is 3.50. The molecule has 2 aromatic rings. The van der Waals surface area contributed by atoms with Gasteiger partial charge in [-0.3, -0.25) is 0 Å². The summed E-state index contributed by atoms with van der Waals surface area (Å²) in [5.74, 6) is 0.311. The highest BCUT2D eigenvalue weighted by Gasteiger charge is 2.22. The van der Waals surface area contributed by atoms with Crippen LogP contribution in [0.2, 0.25) is 0 Å². The third kappa shape index (κ3) is 3.84. The van der Waals surface area contributed by atoms with Crippen molar-refractivity contribution in [1.29, 1.82) is 0 Å². The fourth-order valence-electron chi connectivity index (χ4n) is 1.97. The van der Waals surface area contributed by atoms with Crippen LogP contribution in [0.3, 0.4) is 0 Å². The van der Waals surface area contributed by atoms with Gasteiger partial charge in [-0.05, 0) is 30.7 Å². The monoisotopic (exact) mass is 369 g/mol. The molecule has 4 nitrogen and oxygen atoms in total. The summed E-state index contributed by atoms with van der Waals surface area (Å²) in [5, 5.41) is 0. The van der Waals surface area contributed by atoms with Crippen LogP contribution in [0.1, 0.15) is 18.5 Å². The first-order valence-electron chi connectivity index (χ1n) is 6.35. The molecular formula is C15H16BrNO3S. The lowest BCUT2D eigenvalue weighted by Crippen LogP contribution is -2.27. The molecule has 1 atom stereocenters. The van der Waals surface area contributed by atoms with Gasteiger partial charge >= 0.3 is 0 Å². The molecule has 0 spiro atoms. The van der Waals surface area contributed by atoms with Gasteiger partial charge in [0.1, 0.15) is 10.6 Å². The molecule has 0 fully saturated rings. The summed E-state index contributed by atoms with van der Waals surface area (Å²) in [7, 11) is -2.23. The molecule has 0 heterocycles. The van der Waals surface area contributed by atoms with Crippen molar-refractivity contribution >= 4 is 26.0 Å². The molecule has 112 valence electrons. The van der Waals surface area contributed by atoms with Crippen LogP contribution < -0.4 is 9.46 Å². The van der Waals surface area contributed by atoms with E-state index in [1.165, 1.54) is 13.2 Å². The van der Waals surface area contributed by atoms with E-state index < -0.39 is 10.0 Å². The Bertz CT molecular complexity index is 717. The number of sulfonamides is 1. The quantitative estimate of drug-likeness (QED) is 0.877. The lowest BCUT2D eigenvalue weighted by Gasteiger charge is -2.16. The van der Waals surface area contributed by atoms with E-state index in [1.54, 1.807) is 19.1 Å². The Morgan fingerprint density at radius 2 is 1.81 bits per heavy atom. The minimum Gasteiger partial charge on any atom is -0.495 e. The third-order valence-electron chi connectivity index (χ3n) is 3.05. The summed E-state index contributed by atoms with van der Waals surface area (Å²) < 4.78 is 33.5. The third-order valence-corrected chi connectivity index (χ3v) is 5.10. The predicted molar refractivity (Wildman–Crippen MR) is 85.9 cm³/mol. The second-order valence-corrected chi connectivity index (χ2v) is 7.15. The van der Waals surface area contributed by atoms with Crippen molar-refractivity contribution in [1.82, 2.24) is 4.72 Å². The highest BCUT2D eigenvalue weighted by molar-refractivity contribution is 9.10. The molecule has 0 saturated carbocycles. The molecule has 6 heteroatoms. The number of benzene rings is 2. The fraction of sp³-hybridized carbons (Fsp3) is 0.200. The molecular weight excluding hydrogens is 354 g/mol. The van der Waals surface area contributed by atoms with Crippen molar-refractivity contribution in [2.24, 2.45) is 0 Å². The second kappa shape index (κ2) is 6.60. The van der Waals surface area contributed by atoms with E-state index in [9.17, 15) is 8.42 Å². The van der Waals surface area contributed by atoms with Gasteiger partial charge in [-0.1, -0.05) is 46.3 Å². The first-order chi connectivity index (χ1) is 9.94. The van der Waals surface area contributed by atoms with Gasteiger partial charge in [0.25, 0.3) is 0 Å². The Morgan fingerprint density at radius 1 is 1.14 bits per heavy atom. The lowest BCUT2D eigenvalue weighted by molar-refractivity contribution is 0.402. The normalized spacial score (nSPS) is 12.9. The lowest BCUT2D eigenvalue weighted by atomic mass is 10.1. The summed E-state index contributed by atoms with van der Waals surface area (Å²) in [6, 6.07) is 13.9. The molecule has 0 aromatic heterocycles. The zero-order chi connectivity index (χ0) is 15.5. The standard InChI is InChI=1S/C15H16BrNO3S/c1-11(12-6-4-3-5-7-12)17-21(18,19)15-10-13(16)8-9-14(15)20-2/h3-11,17H,1-2H3. The minimum absolute atomic E-state index is 0.113. The van der Waals surface area contributed by atoms with Crippen LogP contribution in [0, 0.1) is 0 Å². The Hall–Kier alpha value is -1.37. The second-order valence-electron chi connectivity index (χ2n) is 4.55. The topological polar surface area (TPSA) is 55.4 Å². The molecule has 0 radical (unpaired) electrons. The van der Waals surface area contributed by atoms with Crippen LogP contribution >= 0.6 is 15.9 Å². The molecule has 0 amide bonds. The van der Waals surface area contributed by atoms with Gasteiger partial charge < -0.3 is 4.74 Å². The van der Waals surface area contributed by atoms with E-state index in [0.717, 1.165) is 5.56 Å². The van der Waals surface area contributed by atoms with E-state index in [1.807, 2.05) is 30.3 Å². The Morgan fingerprint density at radius 3 is 2.43 bits per heavy atom. The molecule has 1 N–H and O–H groups in total. The van der Waals surface area contributed by atoms with E-state index >= 15 is 0 Å². The van der Waals surface area contributed by atoms with Crippen molar-refractivity contribution < 1.29 is 13.2 Å². The Labute approximate surface area is 133 Å². The average Bonchev–Trinajstić information content (AvgIpc) is 2.47. The summed E-state index contributed by atoms with van der Waals surface area (Å²) >= 11 is 3.28. The van der Waals surface area contributed by atoms with Gasteiger partial charge in [0, 0.05) is 10.5 Å². The maximum Gasteiger partial charge on any atom is 0.244 e. The van der Waals surface area contributed by atoms with Crippen LogP contribution in [0.25, 0.3) is 0 Å². The van der Waals surface area contributed by atoms with Crippen LogP contribution in [0.15, 0.2) is 57.9 Å².